The minimum Gasteiger partial charge on any atom is -0.495 e. The van der Waals surface area contributed by atoms with Crippen molar-refractivity contribution in [1.29, 1.82) is 5.26 Å². The molecule has 0 bridgehead atoms. The van der Waals surface area contributed by atoms with Gasteiger partial charge in [-0.3, -0.25) is 4.79 Å². The summed E-state index contributed by atoms with van der Waals surface area (Å²) in [5.41, 5.74) is 7.04. The Hall–Kier alpha value is -2.81. The van der Waals surface area contributed by atoms with Crippen molar-refractivity contribution in [1.82, 2.24) is 9.78 Å². The quantitative estimate of drug-likeness (QED) is 0.814. The third kappa shape index (κ3) is 1.78. The first-order valence-corrected chi connectivity index (χ1v) is 5.08. The molecule has 18 heavy (non-hydrogen) atoms. The maximum atomic E-state index is 10.7. The van der Waals surface area contributed by atoms with Gasteiger partial charge in [-0.15, -0.1) is 0 Å². The van der Waals surface area contributed by atoms with E-state index in [1.165, 1.54) is 18.0 Å². The number of nitrogens with zero attached hydrogens (tertiary/aromatic N) is 3. The Morgan fingerprint density at radius 2 is 2.33 bits per heavy atom. The van der Waals surface area contributed by atoms with Crippen molar-refractivity contribution in [2.24, 2.45) is 0 Å². The topological polar surface area (TPSA) is 93.9 Å². The Morgan fingerprint density at radius 3 is 2.89 bits per heavy atom. The average molecular weight is 242 g/mol. The molecule has 0 radical (unpaired) electrons. The number of ether oxygens (including phenoxy) is 1. The molecule has 0 unspecified atom stereocenters. The second-order valence-electron chi connectivity index (χ2n) is 3.51. The zero-order valence-electron chi connectivity index (χ0n) is 9.62. The molecule has 0 aliphatic heterocycles. The molecule has 2 aromatic rings. The van der Waals surface area contributed by atoms with E-state index in [1.807, 2.05) is 6.07 Å². The van der Waals surface area contributed by atoms with Crippen LogP contribution in [-0.2, 0) is 0 Å². The SMILES string of the molecule is COc1ccc(-n2ncc(C=O)c2N)cc1C#N. The number of rotatable bonds is 3. The van der Waals surface area contributed by atoms with Gasteiger partial charge >= 0.3 is 0 Å². The van der Waals surface area contributed by atoms with Crippen molar-refractivity contribution >= 4 is 12.1 Å². The zero-order valence-corrected chi connectivity index (χ0v) is 9.62. The minimum atomic E-state index is 0.235. The molecule has 0 aliphatic carbocycles. The largest absolute Gasteiger partial charge is 0.495 e. The van der Waals surface area contributed by atoms with Gasteiger partial charge in [0.1, 0.15) is 17.6 Å². The van der Waals surface area contributed by atoms with Crippen LogP contribution in [-0.4, -0.2) is 23.2 Å². The number of methoxy groups -OCH3 is 1. The van der Waals surface area contributed by atoms with Crippen LogP contribution in [0.4, 0.5) is 5.82 Å². The molecule has 0 atom stereocenters. The molecule has 0 amide bonds. The summed E-state index contributed by atoms with van der Waals surface area (Å²) in [6.45, 7) is 0. The van der Waals surface area contributed by atoms with Gasteiger partial charge in [0, 0.05) is 0 Å². The molecular weight excluding hydrogens is 232 g/mol. The molecule has 0 spiro atoms. The second-order valence-corrected chi connectivity index (χ2v) is 3.51. The van der Waals surface area contributed by atoms with E-state index in [4.69, 9.17) is 15.7 Å². The van der Waals surface area contributed by atoms with Crippen LogP contribution in [0, 0.1) is 11.3 Å². The van der Waals surface area contributed by atoms with Crippen LogP contribution >= 0.6 is 0 Å². The Morgan fingerprint density at radius 1 is 1.56 bits per heavy atom. The van der Waals surface area contributed by atoms with E-state index < -0.39 is 0 Å². The van der Waals surface area contributed by atoms with E-state index in [0.29, 0.717) is 28.8 Å². The van der Waals surface area contributed by atoms with Gasteiger partial charge in [-0.05, 0) is 18.2 Å². The first-order valence-electron chi connectivity index (χ1n) is 5.08. The molecule has 0 fully saturated rings. The number of nitrogen functional groups attached to an aromatic ring is 1. The number of benzene rings is 1. The third-order valence-corrected chi connectivity index (χ3v) is 2.51. The highest BCUT2D eigenvalue weighted by Crippen LogP contribution is 2.23. The summed E-state index contributed by atoms with van der Waals surface area (Å²) in [6, 6.07) is 6.97. The number of aromatic nitrogens is 2. The lowest BCUT2D eigenvalue weighted by molar-refractivity contribution is 0.112. The summed E-state index contributed by atoms with van der Waals surface area (Å²) >= 11 is 0. The van der Waals surface area contributed by atoms with Crippen molar-refractivity contribution in [3.05, 3.63) is 35.5 Å². The fourth-order valence-electron chi connectivity index (χ4n) is 1.58. The van der Waals surface area contributed by atoms with Crippen molar-refractivity contribution in [2.75, 3.05) is 12.8 Å². The average Bonchev–Trinajstić information content (AvgIpc) is 2.79. The van der Waals surface area contributed by atoms with Gasteiger partial charge in [0.05, 0.1) is 30.1 Å². The van der Waals surface area contributed by atoms with E-state index >= 15 is 0 Å². The molecular formula is C12H10N4O2. The predicted molar refractivity (Wildman–Crippen MR) is 64.6 cm³/mol. The molecule has 1 aromatic heterocycles. The number of hydrogen-bond donors (Lipinski definition) is 1. The summed E-state index contributed by atoms with van der Waals surface area (Å²) < 4.78 is 6.44. The van der Waals surface area contributed by atoms with Gasteiger partial charge in [0.15, 0.2) is 6.29 Å². The standard InChI is InChI=1S/C12H10N4O2/c1-18-11-3-2-10(4-8(11)5-13)16-12(14)9(7-17)6-15-16/h2-4,6-7H,14H2,1H3. The van der Waals surface area contributed by atoms with Crippen LogP contribution in [0.5, 0.6) is 5.75 Å². The molecule has 2 rings (SSSR count). The number of carbonyl (C=O) groups is 1. The van der Waals surface area contributed by atoms with Crippen molar-refractivity contribution in [2.45, 2.75) is 0 Å². The van der Waals surface area contributed by atoms with Crippen LogP contribution < -0.4 is 10.5 Å². The Labute approximate surface area is 103 Å². The molecule has 6 nitrogen and oxygen atoms in total. The number of carbonyl (C=O) groups excluding carboxylic acids is 1. The highest BCUT2D eigenvalue weighted by Gasteiger charge is 2.10. The summed E-state index contributed by atoms with van der Waals surface area (Å²) in [4.78, 5) is 10.7. The minimum absolute atomic E-state index is 0.235. The lowest BCUT2D eigenvalue weighted by Crippen LogP contribution is -2.03. The Bertz CT molecular complexity index is 640. The van der Waals surface area contributed by atoms with Crippen LogP contribution in [0.2, 0.25) is 0 Å². The Balaban J connectivity index is 2.55. The number of nitrogens with two attached hydrogens (primary N) is 1. The van der Waals surface area contributed by atoms with Gasteiger partial charge in [-0.1, -0.05) is 0 Å². The van der Waals surface area contributed by atoms with E-state index in [-0.39, 0.29) is 5.82 Å². The van der Waals surface area contributed by atoms with Crippen LogP contribution in [0.15, 0.2) is 24.4 Å². The summed E-state index contributed by atoms with van der Waals surface area (Å²) in [7, 11) is 1.49. The van der Waals surface area contributed by atoms with E-state index in [2.05, 4.69) is 5.10 Å². The molecule has 6 heteroatoms. The first kappa shape index (κ1) is 11.7. The summed E-state index contributed by atoms with van der Waals surface area (Å²) in [5.74, 6) is 0.710. The third-order valence-electron chi connectivity index (χ3n) is 2.51. The molecule has 0 saturated heterocycles. The van der Waals surface area contributed by atoms with Crippen molar-refractivity contribution < 1.29 is 9.53 Å². The fraction of sp³-hybridized carbons (Fsp3) is 0.0833. The van der Waals surface area contributed by atoms with E-state index in [0.717, 1.165) is 0 Å². The second kappa shape index (κ2) is 4.59. The van der Waals surface area contributed by atoms with Crippen molar-refractivity contribution in [3.8, 4) is 17.5 Å². The molecule has 1 aromatic carbocycles. The summed E-state index contributed by atoms with van der Waals surface area (Å²) in [6.07, 6.45) is 2.01. The van der Waals surface area contributed by atoms with E-state index in [9.17, 15) is 4.79 Å². The monoisotopic (exact) mass is 242 g/mol. The first-order chi connectivity index (χ1) is 8.71. The Kier molecular flexibility index (Phi) is 2.98. The summed E-state index contributed by atoms with van der Waals surface area (Å²) in [5, 5.41) is 13.0. The lowest BCUT2D eigenvalue weighted by Gasteiger charge is -2.07. The smallest absolute Gasteiger partial charge is 0.155 e. The molecule has 0 aliphatic rings. The highest BCUT2D eigenvalue weighted by molar-refractivity contribution is 5.82. The fourth-order valence-corrected chi connectivity index (χ4v) is 1.58. The van der Waals surface area contributed by atoms with Gasteiger partial charge in [-0.2, -0.15) is 10.4 Å². The molecule has 1 heterocycles. The van der Waals surface area contributed by atoms with Gasteiger partial charge < -0.3 is 10.5 Å². The maximum Gasteiger partial charge on any atom is 0.155 e. The lowest BCUT2D eigenvalue weighted by atomic mass is 10.2. The van der Waals surface area contributed by atoms with Crippen molar-refractivity contribution in [3.63, 3.8) is 0 Å². The van der Waals surface area contributed by atoms with Gasteiger partial charge in [0.2, 0.25) is 0 Å². The van der Waals surface area contributed by atoms with Gasteiger partial charge in [-0.25, -0.2) is 4.68 Å². The van der Waals surface area contributed by atoms with Crippen LogP contribution in [0.3, 0.4) is 0 Å². The molecule has 2 N–H and O–H groups in total. The number of anilines is 1. The molecule has 90 valence electrons. The number of aldehydes is 1. The van der Waals surface area contributed by atoms with Crippen LogP contribution in [0.1, 0.15) is 15.9 Å². The normalized spacial score (nSPS) is 9.78. The zero-order chi connectivity index (χ0) is 13.1. The van der Waals surface area contributed by atoms with E-state index in [1.54, 1.807) is 18.2 Å². The molecule has 0 saturated carbocycles. The predicted octanol–water partition coefficient (Wildman–Crippen LogP) is 1.15. The van der Waals surface area contributed by atoms with Crippen LogP contribution in [0.25, 0.3) is 5.69 Å². The van der Waals surface area contributed by atoms with Gasteiger partial charge in [0.25, 0.3) is 0 Å². The highest BCUT2D eigenvalue weighted by atomic mass is 16.5. The number of nitriles is 1. The number of hydrogen-bond acceptors (Lipinski definition) is 5. The maximum absolute atomic E-state index is 10.7.